The second kappa shape index (κ2) is 7.49. The van der Waals surface area contributed by atoms with Crippen molar-refractivity contribution in [3.05, 3.63) is 18.4 Å². The van der Waals surface area contributed by atoms with Crippen molar-refractivity contribution in [3.8, 4) is 11.8 Å². The van der Waals surface area contributed by atoms with Crippen molar-refractivity contribution in [1.82, 2.24) is 4.90 Å². The number of nitrogens with zero attached hydrogens (tertiary/aromatic N) is 1. The Hall–Kier alpha value is -2.03. The largest absolute Gasteiger partial charge is 0.467 e. The second-order valence-corrected chi connectivity index (χ2v) is 5.84. The molecule has 0 saturated carbocycles. The van der Waals surface area contributed by atoms with Gasteiger partial charge in [0.15, 0.2) is 0 Å². The first kappa shape index (κ1) is 21.0. The Morgan fingerprint density at radius 2 is 1.78 bits per heavy atom. The molecule has 128 valence electrons. The molecule has 0 aromatic rings. The Balaban J connectivity index is 5.70. The Kier molecular flexibility index (Phi) is 6.83. The van der Waals surface area contributed by atoms with Crippen LogP contribution in [-0.4, -0.2) is 49.1 Å². The fraction of sp³-hybridized carbons (Fsp3) is 0.562. The summed E-state index contributed by atoms with van der Waals surface area (Å²) in [5, 5.41) is 0. The smallest absolute Gasteiger partial charge is 0.421 e. The van der Waals surface area contributed by atoms with Gasteiger partial charge in [0.2, 0.25) is 11.3 Å². The molecule has 0 saturated heterocycles. The van der Waals surface area contributed by atoms with Crippen LogP contribution in [-0.2, 0) is 14.3 Å². The maximum Gasteiger partial charge on any atom is 0.421 e. The van der Waals surface area contributed by atoms with Gasteiger partial charge < -0.3 is 4.74 Å². The highest BCUT2D eigenvalue weighted by Crippen LogP contribution is 2.37. The highest BCUT2D eigenvalue weighted by atomic mass is 19.4. The Bertz CT molecular complexity index is 572. The summed E-state index contributed by atoms with van der Waals surface area (Å²) in [6.07, 6.45) is -4.50. The lowest BCUT2D eigenvalue weighted by Crippen LogP contribution is -2.62. The topological polar surface area (TPSA) is 46.6 Å². The van der Waals surface area contributed by atoms with E-state index in [4.69, 9.17) is 0 Å². The van der Waals surface area contributed by atoms with Crippen LogP contribution >= 0.6 is 0 Å². The number of halogens is 3. The number of hydrogen-bond donors (Lipinski definition) is 0. The molecule has 0 aliphatic heterocycles. The molecule has 0 N–H and O–H groups in total. The third-order valence-corrected chi connectivity index (χ3v) is 3.04. The van der Waals surface area contributed by atoms with Crippen molar-refractivity contribution in [1.29, 1.82) is 0 Å². The summed E-state index contributed by atoms with van der Waals surface area (Å²) in [7, 11) is 1.90. The molecule has 0 rings (SSSR count). The molecule has 0 spiro atoms. The van der Waals surface area contributed by atoms with Gasteiger partial charge in [0.05, 0.1) is 13.7 Å². The van der Waals surface area contributed by atoms with Gasteiger partial charge in [-0.15, -0.1) is 5.73 Å². The van der Waals surface area contributed by atoms with Crippen molar-refractivity contribution in [2.45, 2.75) is 32.5 Å². The zero-order valence-corrected chi connectivity index (χ0v) is 13.8. The van der Waals surface area contributed by atoms with Gasteiger partial charge in [-0.1, -0.05) is 33.3 Å². The zero-order chi connectivity index (χ0) is 18.5. The lowest BCUT2D eigenvalue weighted by atomic mass is 9.91. The van der Waals surface area contributed by atoms with E-state index >= 15 is 0 Å². The zero-order valence-electron chi connectivity index (χ0n) is 13.8. The summed E-state index contributed by atoms with van der Waals surface area (Å²) >= 11 is 0. The van der Waals surface area contributed by atoms with Gasteiger partial charge in [0, 0.05) is 5.41 Å². The summed E-state index contributed by atoms with van der Waals surface area (Å²) < 4.78 is 44.7. The normalized spacial score (nSPS) is 14.1. The lowest BCUT2D eigenvalue weighted by molar-refractivity contribution is -0.221. The number of Topliss-reactive ketones (excluding diaryl/α,β-unsaturated/α-hetero) is 1. The molecule has 23 heavy (non-hydrogen) atoms. The summed E-state index contributed by atoms with van der Waals surface area (Å²) in [4.78, 5) is 24.1. The molecular formula is C16H20F3NO3. The Morgan fingerprint density at radius 1 is 1.26 bits per heavy atom. The van der Waals surface area contributed by atoms with Crippen LogP contribution in [0.1, 0.15) is 20.8 Å². The number of alkyl halides is 3. The average Bonchev–Trinajstić information content (AvgIpc) is 2.41. The van der Waals surface area contributed by atoms with Crippen molar-refractivity contribution >= 4 is 11.8 Å². The van der Waals surface area contributed by atoms with Crippen molar-refractivity contribution in [2.75, 3.05) is 20.7 Å². The molecule has 0 aromatic carbocycles. The molecule has 0 heterocycles. The monoisotopic (exact) mass is 331 g/mol. The number of ketones is 1. The molecule has 0 aromatic heterocycles. The van der Waals surface area contributed by atoms with Crippen LogP contribution in [0.5, 0.6) is 0 Å². The number of esters is 1. The summed E-state index contributed by atoms with van der Waals surface area (Å²) in [6.45, 7) is 7.54. The Morgan fingerprint density at radius 3 is 2.13 bits per heavy atom. The highest BCUT2D eigenvalue weighted by molar-refractivity contribution is 5.99. The molecule has 0 fully saturated rings. The summed E-state index contributed by atoms with van der Waals surface area (Å²) in [5.41, 5.74) is -1.81. The fourth-order valence-corrected chi connectivity index (χ4v) is 1.59. The maximum atomic E-state index is 13.5. The molecule has 1 unspecified atom stereocenters. The van der Waals surface area contributed by atoms with Crippen LogP contribution in [0.2, 0.25) is 0 Å². The molecule has 4 nitrogen and oxygen atoms in total. The predicted octanol–water partition coefficient (Wildman–Crippen LogP) is 2.35. The molecule has 1 atom stereocenters. The number of ether oxygens (including phenoxy) is 1. The highest BCUT2D eigenvalue weighted by Gasteiger charge is 2.62. The molecular weight excluding hydrogens is 311 g/mol. The van der Waals surface area contributed by atoms with Gasteiger partial charge in [0.25, 0.3) is 0 Å². The third-order valence-electron chi connectivity index (χ3n) is 3.04. The van der Waals surface area contributed by atoms with Crippen LogP contribution < -0.4 is 0 Å². The minimum atomic E-state index is -4.98. The maximum absolute atomic E-state index is 13.5. The van der Waals surface area contributed by atoms with Gasteiger partial charge in [-0.05, 0) is 19.0 Å². The van der Waals surface area contributed by atoms with Crippen LogP contribution in [0, 0.1) is 17.3 Å². The quantitative estimate of drug-likeness (QED) is 0.343. The number of carbonyl (C=O) groups is 2. The first-order chi connectivity index (χ1) is 10.3. The number of rotatable bonds is 4. The third kappa shape index (κ3) is 4.72. The van der Waals surface area contributed by atoms with E-state index in [9.17, 15) is 22.8 Å². The van der Waals surface area contributed by atoms with E-state index in [0.29, 0.717) is 11.0 Å². The predicted molar refractivity (Wildman–Crippen MR) is 79.4 cm³/mol. The summed E-state index contributed by atoms with van der Waals surface area (Å²) in [5.74, 6) is 2.68. The Labute approximate surface area is 134 Å². The SMILES string of the molecule is C=C=CC(C(=O)OC)(N(C)CC#CC(=O)C(C)(C)C)C(F)(F)F. The molecule has 7 heteroatoms. The van der Waals surface area contributed by atoms with Gasteiger partial charge in [0.1, 0.15) is 0 Å². The van der Waals surface area contributed by atoms with E-state index in [1.807, 2.05) is 5.73 Å². The van der Waals surface area contributed by atoms with Crippen LogP contribution in [0.3, 0.4) is 0 Å². The summed E-state index contributed by atoms with van der Waals surface area (Å²) in [6, 6.07) is 0. The van der Waals surface area contributed by atoms with E-state index in [0.717, 1.165) is 14.2 Å². The van der Waals surface area contributed by atoms with E-state index in [1.165, 1.54) is 0 Å². The fourth-order valence-electron chi connectivity index (χ4n) is 1.59. The van der Waals surface area contributed by atoms with Gasteiger partial charge in [-0.3, -0.25) is 9.69 Å². The van der Waals surface area contributed by atoms with Crippen LogP contribution in [0.15, 0.2) is 18.4 Å². The van der Waals surface area contributed by atoms with Gasteiger partial charge >= 0.3 is 12.1 Å². The number of likely N-dealkylation sites (N-methyl/N-ethyl adjacent to an activating group) is 1. The lowest BCUT2D eigenvalue weighted by Gasteiger charge is -2.36. The number of hydrogen-bond acceptors (Lipinski definition) is 4. The van der Waals surface area contributed by atoms with Crippen molar-refractivity contribution in [2.24, 2.45) is 5.41 Å². The van der Waals surface area contributed by atoms with E-state index in [-0.39, 0.29) is 0 Å². The first-order valence-corrected chi connectivity index (χ1v) is 6.61. The number of carbonyl (C=O) groups excluding carboxylic acids is 2. The van der Waals surface area contributed by atoms with Gasteiger partial charge in [-0.25, -0.2) is 4.79 Å². The van der Waals surface area contributed by atoms with Crippen LogP contribution in [0.25, 0.3) is 0 Å². The first-order valence-electron chi connectivity index (χ1n) is 6.61. The average molecular weight is 331 g/mol. The minimum Gasteiger partial charge on any atom is -0.467 e. The van der Waals surface area contributed by atoms with Crippen LogP contribution in [0.4, 0.5) is 13.2 Å². The van der Waals surface area contributed by atoms with E-state index < -0.39 is 35.4 Å². The van der Waals surface area contributed by atoms with E-state index in [1.54, 1.807) is 20.8 Å². The van der Waals surface area contributed by atoms with Crippen molar-refractivity contribution < 1.29 is 27.5 Å². The molecule has 0 aliphatic carbocycles. The van der Waals surface area contributed by atoms with E-state index in [2.05, 4.69) is 23.2 Å². The molecule has 0 aliphatic rings. The number of methoxy groups -OCH3 is 1. The van der Waals surface area contributed by atoms with Gasteiger partial charge in [-0.2, -0.15) is 13.2 Å². The minimum absolute atomic E-state index is 0.416. The second-order valence-electron chi connectivity index (χ2n) is 5.84. The van der Waals surface area contributed by atoms with Crippen molar-refractivity contribution in [3.63, 3.8) is 0 Å². The molecule has 0 bridgehead atoms. The molecule has 0 amide bonds. The molecule has 0 radical (unpaired) electrons. The standard InChI is InChI=1S/C16H20F3NO3/c1-7-10-15(13(22)23-6,16(17,18)19)20(5)11-8-9-12(21)14(2,3)4/h10H,1,11H2,2-6H3.